The molecule has 0 bridgehead atoms. The lowest BCUT2D eigenvalue weighted by atomic mass is 9.98. The molecule has 23 heavy (non-hydrogen) atoms. The second kappa shape index (κ2) is 7.26. The number of hydrogen-bond donors (Lipinski definition) is 0. The zero-order valence-electron chi connectivity index (χ0n) is 13.3. The third-order valence-corrected chi connectivity index (χ3v) is 4.70. The number of nitrogens with zero attached hydrogens (tertiary/aromatic N) is 2. The van der Waals surface area contributed by atoms with Crippen molar-refractivity contribution in [3.63, 3.8) is 0 Å². The summed E-state index contributed by atoms with van der Waals surface area (Å²) < 4.78 is 0. The maximum atomic E-state index is 12.9. The van der Waals surface area contributed by atoms with Gasteiger partial charge in [0.05, 0.1) is 5.02 Å². The Morgan fingerprint density at radius 1 is 0.957 bits per heavy atom. The summed E-state index contributed by atoms with van der Waals surface area (Å²) in [5, 5.41) is 0.506. The number of carbonyl (C=O) groups excluding carboxylic acids is 1. The van der Waals surface area contributed by atoms with E-state index in [2.05, 4.69) is 16.8 Å². The van der Waals surface area contributed by atoms with E-state index in [1.807, 2.05) is 36.4 Å². The Morgan fingerprint density at radius 3 is 2.26 bits per heavy atom. The second-order valence-corrected chi connectivity index (χ2v) is 6.45. The normalized spacial score (nSPS) is 16.4. The van der Waals surface area contributed by atoms with Crippen molar-refractivity contribution in [1.82, 2.24) is 9.80 Å². The number of halogens is 1. The van der Waals surface area contributed by atoms with Gasteiger partial charge in [-0.05, 0) is 24.7 Å². The minimum Gasteiger partial charge on any atom is -0.304 e. The highest BCUT2D eigenvalue weighted by Gasteiger charge is 2.19. The highest BCUT2D eigenvalue weighted by atomic mass is 35.5. The minimum atomic E-state index is 0.000303. The third-order valence-electron chi connectivity index (χ3n) is 4.37. The van der Waals surface area contributed by atoms with Crippen LogP contribution in [0.1, 0.15) is 21.5 Å². The summed E-state index contributed by atoms with van der Waals surface area (Å²) in [5.41, 5.74) is 2.39. The zero-order valence-corrected chi connectivity index (χ0v) is 14.1. The van der Waals surface area contributed by atoms with E-state index in [0.717, 1.165) is 43.9 Å². The number of piperazine rings is 1. The van der Waals surface area contributed by atoms with Crippen LogP contribution in [0.2, 0.25) is 5.02 Å². The Morgan fingerprint density at radius 2 is 1.57 bits per heavy atom. The Kier molecular flexibility index (Phi) is 5.11. The highest BCUT2D eigenvalue weighted by molar-refractivity contribution is 6.35. The average molecular weight is 329 g/mol. The molecule has 120 valence electrons. The van der Waals surface area contributed by atoms with Crippen molar-refractivity contribution in [1.29, 1.82) is 0 Å². The van der Waals surface area contributed by atoms with E-state index in [9.17, 15) is 4.79 Å². The standard InChI is InChI=1S/C19H21ClN2O/c1-21-10-12-22(13-11-21)14-15-6-2-3-7-16(15)19(23)17-8-4-5-9-18(17)20/h2-9H,10-14H2,1H3. The van der Waals surface area contributed by atoms with Crippen LogP contribution in [0, 0.1) is 0 Å². The van der Waals surface area contributed by atoms with Crippen LogP contribution in [-0.4, -0.2) is 48.8 Å². The van der Waals surface area contributed by atoms with Gasteiger partial charge < -0.3 is 4.90 Å². The van der Waals surface area contributed by atoms with Gasteiger partial charge >= 0.3 is 0 Å². The largest absolute Gasteiger partial charge is 0.304 e. The van der Waals surface area contributed by atoms with Gasteiger partial charge in [-0.3, -0.25) is 9.69 Å². The molecular formula is C19H21ClN2O. The van der Waals surface area contributed by atoms with Crippen molar-refractivity contribution in [3.05, 3.63) is 70.2 Å². The Labute approximate surface area is 142 Å². The summed E-state index contributed by atoms with van der Waals surface area (Å²) in [5.74, 6) is 0.000303. The molecule has 0 atom stereocenters. The molecule has 1 saturated heterocycles. The summed E-state index contributed by atoms with van der Waals surface area (Å²) in [6.07, 6.45) is 0. The van der Waals surface area contributed by atoms with Gasteiger partial charge in [0, 0.05) is 43.9 Å². The van der Waals surface area contributed by atoms with E-state index in [1.165, 1.54) is 0 Å². The first-order valence-corrected chi connectivity index (χ1v) is 8.31. The van der Waals surface area contributed by atoms with Gasteiger partial charge in [-0.1, -0.05) is 48.0 Å². The van der Waals surface area contributed by atoms with E-state index in [1.54, 1.807) is 12.1 Å². The van der Waals surface area contributed by atoms with Crippen LogP contribution in [0.4, 0.5) is 0 Å². The molecule has 1 fully saturated rings. The number of benzene rings is 2. The van der Waals surface area contributed by atoms with E-state index in [-0.39, 0.29) is 5.78 Å². The zero-order chi connectivity index (χ0) is 16.2. The predicted octanol–water partition coefficient (Wildman–Crippen LogP) is 3.32. The number of ketones is 1. The van der Waals surface area contributed by atoms with Gasteiger partial charge in [0.25, 0.3) is 0 Å². The van der Waals surface area contributed by atoms with Gasteiger partial charge in [0.2, 0.25) is 0 Å². The molecule has 2 aromatic carbocycles. The van der Waals surface area contributed by atoms with Gasteiger partial charge in [-0.15, -0.1) is 0 Å². The Balaban J connectivity index is 1.83. The van der Waals surface area contributed by atoms with Crippen molar-refractivity contribution in [2.24, 2.45) is 0 Å². The molecule has 0 aliphatic carbocycles. The molecule has 0 spiro atoms. The molecule has 1 aliphatic rings. The number of rotatable bonds is 4. The fourth-order valence-corrected chi connectivity index (χ4v) is 3.14. The first-order chi connectivity index (χ1) is 11.1. The molecule has 2 aromatic rings. The van der Waals surface area contributed by atoms with Crippen molar-refractivity contribution in [2.75, 3.05) is 33.2 Å². The average Bonchev–Trinajstić information content (AvgIpc) is 2.57. The molecule has 0 amide bonds. The Hall–Kier alpha value is -1.68. The predicted molar refractivity (Wildman–Crippen MR) is 94.1 cm³/mol. The van der Waals surface area contributed by atoms with Gasteiger partial charge in [0.15, 0.2) is 5.78 Å². The van der Waals surface area contributed by atoms with Crippen LogP contribution in [0.5, 0.6) is 0 Å². The molecule has 3 rings (SSSR count). The maximum absolute atomic E-state index is 12.9. The quantitative estimate of drug-likeness (QED) is 0.804. The molecule has 3 nitrogen and oxygen atoms in total. The lowest BCUT2D eigenvalue weighted by Gasteiger charge is -2.32. The molecule has 0 aromatic heterocycles. The smallest absolute Gasteiger partial charge is 0.194 e. The molecular weight excluding hydrogens is 308 g/mol. The van der Waals surface area contributed by atoms with Gasteiger partial charge in [-0.2, -0.15) is 0 Å². The molecule has 1 aliphatic heterocycles. The first kappa shape index (κ1) is 16.2. The number of carbonyl (C=O) groups is 1. The van der Waals surface area contributed by atoms with Crippen molar-refractivity contribution in [3.8, 4) is 0 Å². The fourth-order valence-electron chi connectivity index (χ4n) is 2.92. The van der Waals surface area contributed by atoms with E-state index < -0.39 is 0 Å². The van der Waals surface area contributed by atoms with Crippen LogP contribution in [0.3, 0.4) is 0 Å². The lowest BCUT2D eigenvalue weighted by Crippen LogP contribution is -2.44. The van der Waals surface area contributed by atoms with E-state index in [0.29, 0.717) is 10.6 Å². The van der Waals surface area contributed by atoms with Crippen molar-refractivity contribution in [2.45, 2.75) is 6.54 Å². The molecule has 0 saturated carbocycles. The van der Waals surface area contributed by atoms with E-state index >= 15 is 0 Å². The van der Waals surface area contributed by atoms with Crippen LogP contribution in [0.15, 0.2) is 48.5 Å². The van der Waals surface area contributed by atoms with Crippen LogP contribution in [0.25, 0.3) is 0 Å². The second-order valence-electron chi connectivity index (χ2n) is 6.05. The molecule has 0 N–H and O–H groups in total. The fraction of sp³-hybridized carbons (Fsp3) is 0.316. The number of likely N-dealkylation sites (N-methyl/N-ethyl adjacent to an activating group) is 1. The summed E-state index contributed by atoms with van der Waals surface area (Å²) >= 11 is 6.19. The van der Waals surface area contributed by atoms with Gasteiger partial charge in [-0.25, -0.2) is 0 Å². The minimum absolute atomic E-state index is 0.000303. The monoisotopic (exact) mass is 328 g/mol. The molecule has 0 radical (unpaired) electrons. The molecule has 0 unspecified atom stereocenters. The number of hydrogen-bond acceptors (Lipinski definition) is 3. The van der Waals surface area contributed by atoms with Crippen LogP contribution >= 0.6 is 11.6 Å². The van der Waals surface area contributed by atoms with Crippen molar-refractivity contribution < 1.29 is 4.79 Å². The van der Waals surface area contributed by atoms with Crippen LogP contribution in [-0.2, 0) is 6.54 Å². The molecule has 1 heterocycles. The molecule has 4 heteroatoms. The third kappa shape index (κ3) is 3.81. The summed E-state index contributed by atoms with van der Waals surface area (Å²) in [6, 6.07) is 15.1. The Bertz CT molecular complexity index is 693. The lowest BCUT2D eigenvalue weighted by molar-refractivity contribution is 0.103. The highest BCUT2D eigenvalue weighted by Crippen LogP contribution is 2.22. The summed E-state index contributed by atoms with van der Waals surface area (Å²) in [4.78, 5) is 17.6. The summed E-state index contributed by atoms with van der Waals surface area (Å²) in [7, 11) is 2.15. The summed E-state index contributed by atoms with van der Waals surface area (Å²) in [6.45, 7) is 5.01. The maximum Gasteiger partial charge on any atom is 0.194 e. The van der Waals surface area contributed by atoms with Crippen molar-refractivity contribution >= 4 is 17.4 Å². The van der Waals surface area contributed by atoms with Gasteiger partial charge in [0.1, 0.15) is 0 Å². The van der Waals surface area contributed by atoms with E-state index in [4.69, 9.17) is 11.6 Å². The van der Waals surface area contributed by atoms with Crippen LogP contribution < -0.4 is 0 Å². The first-order valence-electron chi connectivity index (χ1n) is 7.93. The topological polar surface area (TPSA) is 23.6 Å². The SMILES string of the molecule is CN1CCN(Cc2ccccc2C(=O)c2ccccc2Cl)CC1.